The van der Waals surface area contributed by atoms with Gasteiger partial charge >= 0.3 is 5.76 Å². The van der Waals surface area contributed by atoms with Gasteiger partial charge in [0.05, 0.1) is 7.11 Å². The maximum absolute atomic E-state index is 14.1. The molecule has 30 heavy (non-hydrogen) atoms. The molecule has 2 aromatic carbocycles. The third kappa shape index (κ3) is 4.40. The molecule has 3 rings (SSSR count). The van der Waals surface area contributed by atoms with E-state index in [9.17, 15) is 17.6 Å². The topological polar surface area (TPSA) is 114 Å². The summed E-state index contributed by atoms with van der Waals surface area (Å²) in [6.45, 7) is 3.25. The van der Waals surface area contributed by atoms with Gasteiger partial charge in [0.15, 0.2) is 0 Å². The van der Waals surface area contributed by atoms with Gasteiger partial charge in [-0.2, -0.15) is 4.72 Å². The molecule has 11 heteroatoms. The van der Waals surface area contributed by atoms with E-state index in [-0.39, 0.29) is 16.5 Å². The average Bonchev–Trinajstić information content (AvgIpc) is 3.13. The third-order valence-electron chi connectivity index (χ3n) is 4.72. The number of halogens is 2. The molecule has 0 saturated heterocycles. The minimum Gasteiger partial charge on any atom is -0.495 e. The second-order valence-electron chi connectivity index (χ2n) is 6.59. The zero-order valence-electron chi connectivity index (χ0n) is 16.3. The van der Waals surface area contributed by atoms with E-state index in [1.165, 1.54) is 37.4 Å². The molecule has 0 amide bonds. The van der Waals surface area contributed by atoms with Crippen LogP contribution in [-0.4, -0.2) is 25.7 Å². The molecule has 0 saturated carbocycles. The molecule has 0 aliphatic heterocycles. The van der Waals surface area contributed by atoms with Crippen LogP contribution < -0.4 is 15.2 Å². The third-order valence-corrected chi connectivity index (χ3v) is 6.43. The Morgan fingerprint density at radius 1 is 1.30 bits per heavy atom. The quantitative estimate of drug-likeness (QED) is 0.565. The van der Waals surface area contributed by atoms with Crippen LogP contribution in [0.25, 0.3) is 0 Å². The van der Waals surface area contributed by atoms with Crippen molar-refractivity contribution in [1.29, 1.82) is 0 Å². The van der Waals surface area contributed by atoms with Gasteiger partial charge in [0, 0.05) is 17.0 Å². The zero-order chi connectivity index (χ0) is 22.1. The Morgan fingerprint density at radius 3 is 2.67 bits per heavy atom. The molecular formula is C19H19ClFN3O5S. The number of sulfonamides is 1. The number of H-pyrrole nitrogens is 1. The number of aromatic nitrogens is 2. The SMILES string of the molecule is COc1cc(Cl)ccc1S(=O)(=O)N[C@H](c1n[nH]c(=O)o1)[C@H](C)c1cccc(F)c1C. The second kappa shape index (κ2) is 8.58. The highest BCUT2D eigenvalue weighted by Gasteiger charge is 2.33. The monoisotopic (exact) mass is 455 g/mol. The van der Waals surface area contributed by atoms with Gasteiger partial charge < -0.3 is 9.15 Å². The Kier molecular flexibility index (Phi) is 6.30. The van der Waals surface area contributed by atoms with E-state index in [1.54, 1.807) is 19.9 Å². The van der Waals surface area contributed by atoms with Crippen molar-refractivity contribution in [2.75, 3.05) is 7.11 Å². The number of hydrogen-bond donors (Lipinski definition) is 2. The van der Waals surface area contributed by atoms with Crippen molar-refractivity contribution in [1.82, 2.24) is 14.9 Å². The summed E-state index contributed by atoms with van der Waals surface area (Å²) in [4.78, 5) is 11.3. The summed E-state index contributed by atoms with van der Waals surface area (Å²) >= 11 is 5.92. The minimum atomic E-state index is -4.18. The number of hydrogen-bond acceptors (Lipinski definition) is 6. The summed E-state index contributed by atoms with van der Waals surface area (Å²) in [6.07, 6.45) is 0. The maximum Gasteiger partial charge on any atom is 0.434 e. The minimum absolute atomic E-state index is 0.0341. The molecule has 0 bridgehead atoms. The van der Waals surface area contributed by atoms with Crippen LogP contribution in [0, 0.1) is 12.7 Å². The lowest BCUT2D eigenvalue weighted by atomic mass is 9.90. The van der Waals surface area contributed by atoms with Crippen molar-refractivity contribution in [2.24, 2.45) is 0 Å². The van der Waals surface area contributed by atoms with Crippen LogP contribution in [0.4, 0.5) is 4.39 Å². The summed E-state index contributed by atoms with van der Waals surface area (Å²) in [5.41, 5.74) is 0.868. The van der Waals surface area contributed by atoms with Crippen molar-refractivity contribution >= 4 is 21.6 Å². The number of nitrogens with zero attached hydrogens (tertiary/aromatic N) is 1. The number of nitrogens with one attached hydrogen (secondary N) is 2. The first-order valence-corrected chi connectivity index (χ1v) is 10.7. The molecule has 160 valence electrons. The molecule has 2 atom stereocenters. The van der Waals surface area contributed by atoms with Crippen LogP contribution in [-0.2, 0) is 10.0 Å². The molecule has 1 aromatic heterocycles. The lowest BCUT2D eigenvalue weighted by molar-refractivity contribution is 0.378. The molecule has 1 heterocycles. The molecule has 0 fully saturated rings. The van der Waals surface area contributed by atoms with Crippen molar-refractivity contribution < 1.29 is 22.0 Å². The van der Waals surface area contributed by atoms with Crippen molar-refractivity contribution in [3.63, 3.8) is 0 Å². The van der Waals surface area contributed by atoms with Crippen LogP contribution in [0.1, 0.15) is 35.9 Å². The summed E-state index contributed by atoms with van der Waals surface area (Å²) in [5.74, 6) is -2.08. The molecule has 0 aliphatic carbocycles. The van der Waals surface area contributed by atoms with Crippen LogP contribution in [0.2, 0.25) is 5.02 Å². The number of aromatic amines is 1. The van der Waals surface area contributed by atoms with Crippen molar-refractivity contribution in [3.05, 3.63) is 74.8 Å². The summed E-state index contributed by atoms with van der Waals surface area (Å²) in [5, 5.41) is 6.18. The van der Waals surface area contributed by atoms with Gasteiger partial charge in [0.2, 0.25) is 15.9 Å². The Balaban J connectivity index is 2.08. The number of benzene rings is 2. The van der Waals surface area contributed by atoms with E-state index in [1.807, 2.05) is 0 Å². The largest absolute Gasteiger partial charge is 0.495 e. The molecule has 0 unspecified atom stereocenters. The molecule has 0 spiro atoms. The standard InChI is InChI=1S/C19H19ClFN3O5S/c1-10-13(5-4-6-14(10)21)11(2)17(18-22-23-19(25)29-18)24-30(26,27)16-8-7-12(20)9-15(16)28-3/h4-9,11,17,24H,1-3H3,(H,23,25)/t11-,17+/m1/s1. The predicted molar refractivity (Wildman–Crippen MR) is 108 cm³/mol. The van der Waals surface area contributed by atoms with Gasteiger partial charge in [0.1, 0.15) is 22.5 Å². The molecular weight excluding hydrogens is 437 g/mol. The van der Waals surface area contributed by atoms with Crippen LogP contribution in [0.15, 0.2) is 50.5 Å². The van der Waals surface area contributed by atoms with Crippen molar-refractivity contribution in [3.8, 4) is 5.75 Å². The summed E-state index contributed by atoms with van der Waals surface area (Å²) in [6, 6.07) is 7.43. The van der Waals surface area contributed by atoms with Gasteiger partial charge in [0.25, 0.3) is 0 Å². The highest BCUT2D eigenvalue weighted by Crippen LogP contribution is 2.35. The fraction of sp³-hybridized carbons (Fsp3) is 0.263. The number of ether oxygens (including phenoxy) is 1. The van der Waals surface area contributed by atoms with Crippen LogP contribution in [0.5, 0.6) is 5.75 Å². The average molecular weight is 456 g/mol. The first-order valence-electron chi connectivity index (χ1n) is 8.80. The molecule has 2 N–H and O–H groups in total. The highest BCUT2D eigenvalue weighted by molar-refractivity contribution is 7.89. The summed E-state index contributed by atoms with van der Waals surface area (Å²) in [7, 11) is -2.86. The van der Waals surface area contributed by atoms with Gasteiger partial charge in [-0.25, -0.2) is 22.7 Å². The van der Waals surface area contributed by atoms with E-state index in [4.69, 9.17) is 20.8 Å². The molecule has 3 aromatic rings. The molecule has 8 nitrogen and oxygen atoms in total. The van der Waals surface area contributed by atoms with Crippen LogP contribution in [0.3, 0.4) is 0 Å². The fourth-order valence-electron chi connectivity index (χ4n) is 3.13. The number of methoxy groups -OCH3 is 1. The van der Waals surface area contributed by atoms with Crippen LogP contribution >= 0.6 is 11.6 Å². The van der Waals surface area contributed by atoms with E-state index >= 15 is 0 Å². The second-order valence-corrected chi connectivity index (χ2v) is 8.71. The fourth-order valence-corrected chi connectivity index (χ4v) is 4.71. The lowest BCUT2D eigenvalue weighted by Crippen LogP contribution is -2.32. The smallest absolute Gasteiger partial charge is 0.434 e. The maximum atomic E-state index is 14.1. The molecule has 0 radical (unpaired) electrons. The Hall–Kier alpha value is -2.69. The van der Waals surface area contributed by atoms with E-state index in [2.05, 4.69) is 14.9 Å². The number of rotatable bonds is 7. The summed E-state index contributed by atoms with van der Waals surface area (Å²) < 4.78 is 53.0. The predicted octanol–water partition coefficient (Wildman–Crippen LogP) is 3.30. The normalized spacial score (nSPS) is 13.8. The zero-order valence-corrected chi connectivity index (χ0v) is 17.8. The van der Waals surface area contributed by atoms with E-state index in [0.29, 0.717) is 16.1 Å². The van der Waals surface area contributed by atoms with Gasteiger partial charge in [-0.1, -0.05) is 30.7 Å². The van der Waals surface area contributed by atoms with Crippen molar-refractivity contribution in [2.45, 2.75) is 30.7 Å². The van der Waals surface area contributed by atoms with Gasteiger partial charge in [-0.3, -0.25) is 0 Å². The first kappa shape index (κ1) is 22.0. The Labute approximate surface area is 177 Å². The van der Waals surface area contributed by atoms with Gasteiger partial charge in [-0.15, -0.1) is 5.10 Å². The highest BCUT2D eigenvalue weighted by atomic mass is 35.5. The van der Waals surface area contributed by atoms with E-state index in [0.717, 1.165) is 0 Å². The van der Waals surface area contributed by atoms with Gasteiger partial charge in [-0.05, 0) is 36.2 Å². The Morgan fingerprint density at radius 2 is 2.03 bits per heavy atom. The Bertz CT molecular complexity index is 1220. The van der Waals surface area contributed by atoms with E-state index < -0.39 is 33.6 Å². The lowest BCUT2D eigenvalue weighted by Gasteiger charge is -2.24. The molecule has 0 aliphatic rings. The first-order chi connectivity index (χ1) is 14.1.